The molecule has 3 heterocycles. The molecule has 3 atom stereocenters. The number of hydrogen-bond acceptors (Lipinski definition) is 5. The van der Waals surface area contributed by atoms with E-state index in [1.54, 1.807) is 9.80 Å². The molecule has 0 aromatic heterocycles. The van der Waals surface area contributed by atoms with Crippen LogP contribution in [0.2, 0.25) is 0 Å². The molecule has 0 aromatic rings. The Morgan fingerprint density at radius 1 is 1.26 bits per heavy atom. The third-order valence-corrected chi connectivity index (χ3v) is 5.97. The van der Waals surface area contributed by atoms with E-state index in [1.807, 2.05) is 20.8 Å². The number of urea groups is 1. The summed E-state index contributed by atoms with van der Waals surface area (Å²) in [6, 6.07) is -0.484. The van der Waals surface area contributed by atoms with Gasteiger partial charge < -0.3 is 19.9 Å². The molecule has 4 aliphatic rings. The highest BCUT2D eigenvalue weighted by Crippen LogP contribution is 2.56. The molecular formula is C18H28N4O5. The fourth-order valence-corrected chi connectivity index (χ4v) is 4.28. The molecule has 0 aromatic carbocycles. The molecule has 4 amide bonds. The van der Waals surface area contributed by atoms with Crippen molar-refractivity contribution in [1.29, 1.82) is 0 Å². The molecule has 2 bridgehead atoms. The third-order valence-electron chi connectivity index (χ3n) is 5.97. The summed E-state index contributed by atoms with van der Waals surface area (Å²) in [6.45, 7) is 6.96. The molecule has 0 radical (unpaired) electrons. The van der Waals surface area contributed by atoms with Crippen LogP contribution in [0, 0.1) is 5.41 Å². The summed E-state index contributed by atoms with van der Waals surface area (Å²) < 4.78 is 5.36. The van der Waals surface area contributed by atoms with E-state index in [4.69, 9.17) is 9.57 Å². The van der Waals surface area contributed by atoms with Crippen molar-refractivity contribution >= 4 is 18.0 Å². The van der Waals surface area contributed by atoms with E-state index in [0.29, 0.717) is 32.5 Å². The molecule has 3 aliphatic heterocycles. The highest BCUT2D eigenvalue weighted by molar-refractivity contribution is 5.88. The number of piperidine rings is 1. The predicted octanol–water partition coefficient (Wildman–Crippen LogP) is 0.990. The number of nitrogens with one attached hydrogen (secondary N) is 2. The number of hydrogen-bond donors (Lipinski definition) is 2. The standard InChI is InChI=1S/C18H28N4O5/c1-17(2,3)26-16(25)21-7-4-11(9-21)27-20-14(23)12-8-18(5-6-18)13-10-22(12)15(24)19-13/h11-13H,4-10H2,1-3H3,(H,19,24)(H,20,23). The first-order valence-electron chi connectivity index (χ1n) is 9.67. The average Bonchev–Trinajstić information content (AvgIpc) is 3.03. The number of fused-ring (bicyclic) bond motifs is 3. The Bertz CT molecular complexity index is 657. The highest BCUT2D eigenvalue weighted by Gasteiger charge is 2.60. The monoisotopic (exact) mass is 380 g/mol. The predicted molar refractivity (Wildman–Crippen MR) is 94.5 cm³/mol. The highest BCUT2D eigenvalue weighted by atomic mass is 16.7. The summed E-state index contributed by atoms with van der Waals surface area (Å²) in [5.74, 6) is -0.285. The average molecular weight is 380 g/mol. The van der Waals surface area contributed by atoms with Crippen LogP contribution in [0.25, 0.3) is 0 Å². The van der Waals surface area contributed by atoms with Crippen molar-refractivity contribution in [3.05, 3.63) is 0 Å². The van der Waals surface area contributed by atoms with E-state index in [0.717, 1.165) is 12.8 Å². The van der Waals surface area contributed by atoms with E-state index in [2.05, 4.69) is 10.8 Å². The van der Waals surface area contributed by atoms with Crippen molar-refractivity contribution in [2.45, 2.75) is 70.2 Å². The SMILES string of the molecule is CC(C)(C)OC(=O)N1CCC(ONC(=O)C2CC3(CC3)C3CN2C(=O)N3)C1. The molecule has 1 aliphatic carbocycles. The largest absolute Gasteiger partial charge is 0.444 e. The second kappa shape index (κ2) is 6.25. The summed E-state index contributed by atoms with van der Waals surface area (Å²) >= 11 is 0. The third kappa shape index (κ3) is 3.56. The summed E-state index contributed by atoms with van der Waals surface area (Å²) in [4.78, 5) is 45.6. The summed E-state index contributed by atoms with van der Waals surface area (Å²) in [6.07, 6.45) is 2.77. The minimum Gasteiger partial charge on any atom is -0.444 e. The van der Waals surface area contributed by atoms with Gasteiger partial charge in [-0.1, -0.05) is 0 Å². The van der Waals surface area contributed by atoms with E-state index in [-0.39, 0.29) is 35.6 Å². The second-order valence-corrected chi connectivity index (χ2v) is 9.16. The lowest BCUT2D eigenvalue weighted by Crippen LogP contribution is -2.53. The zero-order valence-corrected chi connectivity index (χ0v) is 16.1. The number of rotatable bonds is 3. The lowest BCUT2D eigenvalue weighted by Gasteiger charge is -2.35. The quantitative estimate of drug-likeness (QED) is 0.711. The molecule has 9 nitrogen and oxygen atoms in total. The Morgan fingerprint density at radius 3 is 2.67 bits per heavy atom. The summed E-state index contributed by atoms with van der Waals surface area (Å²) in [7, 11) is 0. The van der Waals surface area contributed by atoms with Crippen LogP contribution in [0.4, 0.5) is 9.59 Å². The normalized spacial score (nSPS) is 31.1. The first kappa shape index (κ1) is 18.3. The molecule has 2 N–H and O–H groups in total. The van der Waals surface area contributed by atoms with Crippen LogP contribution in [0.3, 0.4) is 0 Å². The second-order valence-electron chi connectivity index (χ2n) is 9.16. The lowest BCUT2D eigenvalue weighted by atomic mass is 9.85. The van der Waals surface area contributed by atoms with Crippen LogP contribution in [0.15, 0.2) is 0 Å². The van der Waals surface area contributed by atoms with Gasteiger partial charge in [-0.05, 0) is 51.9 Å². The van der Waals surface area contributed by atoms with Crippen molar-refractivity contribution in [1.82, 2.24) is 20.6 Å². The smallest absolute Gasteiger partial charge is 0.410 e. The fourth-order valence-electron chi connectivity index (χ4n) is 4.28. The summed E-state index contributed by atoms with van der Waals surface area (Å²) in [5.41, 5.74) is 2.08. The number of amides is 4. The Labute approximate surface area is 158 Å². The first-order chi connectivity index (χ1) is 12.7. The molecule has 9 heteroatoms. The number of ether oxygens (including phenoxy) is 1. The van der Waals surface area contributed by atoms with Crippen LogP contribution < -0.4 is 10.8 Å². The molecule has 3 saturated heterocycles. The van der Waals surface area contributed by atoms with Gasteiger partial charge in [-0.15, -0.1) is 0 Å². The Kier molecular flexibility index (Phi) is 4.25. The van der Waals surface area contributed by atoms with E-state index < -0.39 is 11.6 Å². The maximum absolute atomic E-state index is 12.6. The van der Waals surface area contributed by atoms with Gasteiger partial charge in [0, 0.05) is 13.1 Å². The molecule has 4 rings (SSSR count). The van der Waals surface area contributed by atoms with Crippen molar-refractivity contribution in [3.63, 3.8) is 0 Å². The number of nitrogens with zero attached hydrogens (tertiary/aromatic N) is 2. The van der Waals surface area contributed by atoms with E-state index >= 15 is 0 Å². The van der Waals surface area contributed by atoms with Crippen LogP contribution >= 0.6 is 0 Å². The zero-order chi connectivity index (χ0) is 19.4. The van der Waals surface area contributed by atoms with Crippen LogP contribution in [0.1, 0.15) is 46.5 Å². The van der Waals surface area contributed by atoms with Gasteiger partial charge in [0.2, 0.25) is 0 Å². The lowest BCUT2D eigenvalue weighted by molar-refractivity contribution is -0.143. The Balaban J connectivity index is 1.28. The maximum Gasteiger partial charge on any atom is 0.410 e. The molecule has 3 unspecified atom stereocenters. The topological polar surface area (TPSA) is 100 Å². The van der Waals surface area contributed by atoms with Gasteiger partial charge in [0.05, 0.1) is 12.6 Å². The van der Waals surface area contributed by atoms with Gasteiger partial charge in [0.25, 0.3) is 5.91 Å². The van der Waals surface area contributed by atoms with Gasteiger partial charge in [0.15, 0.2) is 0 Å². The number of hydroxylamine groups is 1. The molecule has 1 spiro atoms. The van der Waals surface area contributed by atoms with Gasteiger partial charge >= 0.3 is 12.1 Å². The van der Waals surface area contributed by atoms with Gasteiger partial charge in [-0.3, -0.25) is 9.63 Å². The number of likely N-dealkylation sites (tertiary alicyclic amines) is 1. The van der Waals surface area contributed by atoms with E-state index in [9.17, 15) is 14.4 Å². The molecule has 150 valence electrons. The Hall–Kier alpha value is -2.03. The number of carbonyl (C=O) groups is 3. The molecular weight excluding hydrogens is 352 g/mol. The fraction of sp³-hybridized carbons (Fsp3) is 0.833. The maximum atomic E-state index is 12.6. The van der Waals surface area contributed by atoms with Crippen molar-refractivity contribution in [3.8, 4) is 0 Å². The summed E-state index contributed by atoms with van der Waals surface area (Å²) in [5, 5.41) is 3.00. The van der Waals surface area contributed by atoms with Crippen molar-refractivity contribution < 1.29 is 24.0 Å². The molecule has 4 fully saturated rings. The first-order valence-corrected chi connectivity index (χ1v) is 9.67. The van der Waals surface area contributed by atoms with Gasteiger partial charge in [-0.25, -0.2) is 15.1 Å². The molecule has 1 saturated carbocycles. The minimum absolute atomic E-state index is 0.0888. The Morgan fingerprint density at radius 2 is 2.00 bits per heavy atom. The van der Waals surface area contributed by atoms with Crippen molar-refractivity contribution in [2.24, 2.45) is 5.41 Å². The van der Waals surface area contributed by atoms with Crippen LogP contribution in [-0.4, -0.2) is 71.3 Å². The minimum atomic E-state index is -0.543. The van der Waals surface area contributed by atoms with Gasteiger partial charge in [0.1, 0.15) is 17.7 Å². The molecule has 27 heavy (non-hydrogen) atoms. The zero-order valence-electron chi connectivity index (χ0n) is 16.1. The van der Waals surface area contributed by atoms with Crippen molar-refractivity contribution in [2.75, 3.05) is 19.6 Å². The van der Waals surface area contributed by atoms with Crippen LogP contribution in [0.5, 0.6) is 0 Å². The van der Waals surface area contributed by atoms with E-state index in [1.165, 1.54) is 0 Å². The van der Waals surface area contributed by atoms with Gasteiger partial charge in [-0.2, -0.15) is 0 Å². The number of carbonyl (C=O) groups excluding carboxylic acids is 3. The van der Waals surface area contributed by atoms with Crippen LogP contribution in [-0.2, 0) is 14.4 Å².